The van der Waals surface area contributed by atoms with Crippen molar-refractivity contribution in [1.82, 2.24) is 0 Å². The molecule has 134 valence electrons. The minimum atomic E-state index is -4.66. The van der Waals surface area contributed by atoms with Crippen molar-refractivity contribution in [3.63, 3.8) is 0 Å². The molecular weight excluding hydrogens is 329 g/mol. The maximum absolute atomic E-state index is 13.0. The van der Waals surface area contributed by atoms with Crippen LogP contribution >= 0.6 is 0 Å². The van der Waals surface area contributed by atoms with E-state index >= 15 is 0 Å². The largest absolute Gasteiger partial charge is 0.416 e. The Labute approximate surface area is 145 Å². The standard InChI is InChI=1S/C19H21F3N2O/c1-4-5-14-10-15(7-8-16(14)12(2)11-23)24-13(3)6-9-17(24)18(25)19(20,21)22/h4-5,7-8,10,13,17-18,25H,1,6,9H2,2-3H3/b14-5-,16-12+/t13?,17-,18?/m1/s1. The zero-order valence-corrected chi connectivity index (χ0v) is 14.2. The fourth-order valence-electron chi connectivity index (χ4n) is 3.37. The van der Waals surface area contributed by atoms with Crippen LogP contribution in [0.1, 0.15) is 26.7 Å². The number of nitriles is 1. The first-order chi connectivity index (χ1) is 11.7. The SMILES string of the molecule is C=C/C=c1/cc(N2C(C)CC[C@@H]2C(O)C(F)(F)F)cc/c1=C(/C)C#N. The molecule has 1 fully saturated rings. The number of nitrogens with zero attached hydrogens (tertiary/aromatic N) is 2. The van der Waals surface area contributed by atoms with Crippen LogP contribution in [0.4, 0.5) is 18.9 Å². The van der Waals surface area contributed by atoms with Crippen LogP contribution in [0.2, 0.25) is 0 Å². The molecule has 1 aliphatic rings. The van der Waals surface area contributed by atoms with E-state index in [1.807, 2.05) is 6.92 Å². The Balaban J connectivity index is 2.57. The van der Waals surface area contributed by atoms with E-state index in [9.17, 15) is 18.3 Å². The number of anilines is 1. The Bertz CT molecular complexity index is 807. The van der Waals surface area contributed by atoms with Gasteiger partial charge in [-0.15, -0.1) is 0 Å². The van der Waals surface area contributed by atoms with Gasteiger partial charge in [0.25, 0.3) is 0 Å². The van der Waals surface area contributed by atoms with E-state index in [0.29, 0.717) is 28.1 Å². The molecule has 25 heavy (non-hydrogen) atoms. The lowest BCUT2D eigenvalue weighted by atomic mass is 10.1. The number of rotatable bonds is 3. The average molecular weight is 350 g/mol. The molecule has 0 saturated carbocycles. The number of aliphatic hydroxyl groups excluding tert-OH is 1. The van der Waals surface area contributed by atoms with Crippen LogP contribution in [0, 0.1) is 11.3 Å². The summed E-state index contributed by atoms with van der Waals surface area (Å²) in [6.07, 6.45) is -2.92. The maximum Gasteiger partial charge on any atom is 0.416 e. The van der Waals surface area contributed by atoms with Crippen LogP contribution in [-0.2, 0) is 0 Å². The summed E-state index contributed by atoms with van der Waals surface area (Å²) in [7, 11) is 0. The van der Waals surface area contributed by atoms with Gasteiger partial charge in [-0.25, -0.2) is 0 Å². The molecule has 3 atom stereocenters. The Hall–Kier alpha value is -2.26. The molecule has 2 rings (SSSR count). The molecule has 0 spiro atoms. The molecule has 1 aromatic rings. The summed E-state index contributed by atoms with van der Waals surface area (Å²) in [5.41, 5.74) is 1.11. The smallest absolute Gasteiger partial charge is 0.382 e. The van der Waals surface area contributed by atoms with E-state index in [1.54, 1.807) is 42.2 Å². The molecule has 1 N–H and O–H groups in total. The Morgan fingerprint density at radius 1 is 1.44 bits per heavy atom. The van der Waals surface area contributed by atoms with E-state index in [2.05, 4.69) is 12.6 Å². The number of hydrogen-bond acceptors (Lipinski definition) is 3. The number of halogens is 3. The van der Waals surface area contributed by atoms with Crippen molar-refractivity contribution in [3.05, 3.63) is 41.3 Å². The third-order valence-corrected chi connectivity index (χ3v) is 4.61. The Morgan fingerprint density at radius 3 is 2.68 bits per heavy atom. The minimum Gasteiger partial charge on any atom is -0.382 e. The third kappa shape index (κ3) is 3.88. The van der Waals surface area contributed by atoms with Crippen LogP contribution in [0.15, 0.2) is 30.9 Å². The summed E-state index contributed by atoms with van der Waals surface area (Å²) in [4.78, 5) is 1.63. The monoisotopic (exact) mass is 350 g/mol. The van der Waals surface area contributed by atoms with Crippen molar-refractivity contribution < 1.29 is 18.3 Å². The van der Waals surface area contributed by atoms with Gasteiger partial charge in [-0.2, -0.15) is 18.4 Å². The van der Waals surface area contributed by atoms with Crippen LogP contribution < -0.4 is 15.3 Å². The first-order valence-corrected chi connectivity index (χ1v) is 8.07. The highest BCUT2D eigenvalue weighted by atomic mass is 19.4. The van der Waals surface area contributed by atoms with E-state index in [-0.39, 0.29) is 12.5 Å². The van der Waals surface area contributed by atoms with Gasteiger partial charge in [-0.05, 0) is 49.3 Å². The highest BCUT2D eigenvalue weighted by Crippen LogP contribution is 2.36. The molecule has 0 aromatic heterocycles. The Morgan fingerprint density at radius 2 is 2.12 bits per heavy atom. The molecule has 6 heteroatoms. The van der Waals surface area contributed by atoms with Crippen molar-refractivity contribution >= 4 is 17.3 Å². The number of alkyl halides is 3. The van der Waals surface area contributed by atoms with E-state index < -0.39 is 18.3 Å². The number of aliphatic hydroxyl groups is 1. The maximum atomic E-state index is 13.0. The second-order valence-electron chi connectivity index (χ2n) is 6.30. The van der Waals surface area contributed by atoms with Crippen molar-refractivity contribution in [1.29, 1.82) is 5.26 Å². The number of benzene rings is 1. The second-order valence-corrected chi connectivity index (χ2v) is 6.30. The lowest BCUT2D eigenvalue weighted by Gasteiger charge is -2.34. The molecular formula is C19H21F3N2O. The molecule has 1 heterocycles. The number of hydrogen-bond donors (Lipinski definition) is 1. The normalized spacial score (nSPS) is 24.0. The first kappa shape index (κ1) is 19.1. The van der Waals surface area contributed by atoms with Gasteiger partial charge in [0.15, 0.2) is 6.10 Å². The van der Waals surface area contributed by atoms with Crippen LogP contribution in [0.5, 0.6) is 0 Å². The van der Waals surface area contributed by atoms with Crippen molar-refractivity contribution in [2.24, 2.45) is 0 Å². The highest BCUT2D eigenvalue weighted by molar-refractivity contribution is 5.61. The number of allylic oxidation sites excluding steroid dienone is 1. The molecule has 0 bridgehead atoms. The highest BCUT2D eigenvalue weighted by Gasteiger charge is 2.48. The Kier molecular flexibility index (Phi) is 5.58. The first-order valence-electron chi connectivity index (χ1n) is 8.07. The predicted octanol–water partition coefficient (Wildman–Crippen LogP) is 2.63. The predicted molar refractivity (Wildman–Crippen MR) is 92.1 cm³/mol. The summed E-state index contributed by atoms with van der Waals surface area (Å²) in [5.74, 6) is 0. The molecule has 3 nitrogen and oxygen atoms in total. The van der Waals surface area contributed by atoms with Gasteiger partial charge in [-0.3, -0.25) is 0 Å². The zero-order chi connectivity index (χ0) is 18.8. The molecule has 1 saturated heterocycles. The topological polar surface area (TPSA) is 47.3 Å². The fraction of sp³-hybridized carbons (Fsp3) is 0.421. The van der Waals surface area contributed by atoms with Crippen LogP contribution in [-0.4, -0.2) is 29.5 Å². The quantitative estimate of drug-likeness (QED) is 0.912. The summed E-state index contributed by atoms with van der Waals surface area (Å²) >= 11 is 0. The van der Waals surface area contributed by atoms with Gasteiger partial charge in [-0.1, -0.05) is 24.8 Å². The molecule has 0 radical (unpaired) electrons. The fourth-order valence-corrected chi connectivity index (χ4v) is 3.37. The van der Waals surface area contributed by atoms with Crippen molar-refractivity contribution in [2.45, 2.75) is 51.1 Å². The average Bonchev–Trinajstić information content (AvgIpc) is 2.94. The molecule has 0 amide bonds. The second kappa shape index (κ2) is 7.32. The van der Waals surface area contributed by atoms with Gasteiger partial charge in [0.2, 0.25) is 0 Å². The van der Waals surface area contributed by atoms with Crippen molar-refractivity contribution in [3.8, 4) is 6.07 Å². The molecule has 0 aliphatic carbocycles. The third-order valence-electron chi connectivity index (χ3n) is 4.61. The van der Waals surface area contributed by atoms with Crippen LogP contribution in [0.3, 0.4) is 0 Å². The lowest BCUT2D eigenvalue weighted by molar-refractivity contribution is -0.209. The summed E-state index contributed by atoms with van der Waals surface area (Å²) < 4.78 is 39.0. The molecule has 1 aromatic carbocycles. The minimum absolute atomic E-state index is 0.120. The van der Waals surface area contributed by atoms with Gasteiger partial charge in [0.1, 0.15) is 0 Å². The summed E-state index contributed by atoms with van der Waals surface area (Å²) in [6, 6.07) is 6.13. The van der Waals surface area contributed by atoms with Gasteiger partial charge >= 0.3 is 6.18 Å². The zero-order valence-electron chi connectivity index (χ0n) is 14.2. The van der Waals surface area contributed by atoms with E-state index in [1.165, 1.54) is 0 Å². The van der Waals surface area contributed by atoms with E-state index in [0.717, 1.165) is 0 Å². The summed E-state index contributed by atoms with van der Waals surface area (Å²) in [6.45, 7) is 7.18. The van der Waals surface area contributed by atoms with Crippen molar-refractivity contribution in [2.75, 3.05) is 4.90 Å². The van der Waals surface area contributed by atoms with Crippen LogP contribution in [0.25, 0.3) is 11.6 Å². The summed E-state index contributed by atoms with van der Waals surface area (Å²) in [5, 5.41) is 20.3. The van der Waals surface area contributed by atoms with Gasteiger partial charge in [0, 0.05) is 17.3 Å². The van der Waals surface area contributed by atoms with E-state index in [4.69, 9.17) is 5.26 Å². The molecule has 1 aliphatic heterocycles. The van der Waals surface area contributed by atoms with Gasteiger partial charge in [0.05, 0.1) is 12.1 Å². The lowest BCUT2D eigenvalue weighted by Crippen LogP contribution is -2.49. The van der Waals surface area contributed by atoms with Gasteiger partial charge < -0.3 is 10.0 Å². The molecule has 2 unspecified atom stereocenters.